The monoisotopic (exact) mass is 276 g/mol. The van der Waals surface area contributed by atoms with Crippen LogP contribution in [0.5, 0.6) is 0 Å². The van der Waals surface area contributed by atoms with Crippen molar-refractivity contribution in [1.29, 1.82) is 0 Å². The minimum absolute atomic E-state index is 0.358. The molecule has 1 fully saturated rings. The molecule has 2 atom stereocenters. The summed E-state index contributed by atoms with van der Waals surface area (Å²) in [4.78, 5) is 0. The Bertz CT molecular complexity index is 413. The summed E-state index contributed by atoms with van der Waals surface area (Å²) in [5.74, 6) is 5.72. The number of ether oxygens (including phenoxy) is 1. The number of nitrogens with one attached hydrogen (secondary N) is 1. The molecule has 20 heavy (non-hydrogen) atoms. The van der Waals surface area contributed by atoms with Crippen LogP contribution >= 0.6 is 0 Å². The van der Waals surface area contributed by atoms with Crippen LogP contribution in [-0.4, -0.2) is 18.8 Å². The maximum atomic E-state index is 5.72. The molecule has 112 valence electrons. The number of aryl methyl sites for hydroxylation is 2. The summed E-state index contributed by atoms with van der Waals surface area (Å²) in [7, 11) is 0. The Balaban J connectivity index is 1.80. The Hall–Kier alpha value is -0.900. The predicted octanol–water partition coefficient (Wildman–Crippen LogP) is 3.03. The van der Waals surface area contributed by atoms with Gasteiger partial charge in [-0.1, -0.05) is 23.8 Å². The van der Waals surface area contributed by atoms with Gasteiger partial charge in [0.25, 0.3) is 0 Å². The molecule has 3 nitrogen and oxygen atoms in total. The van der Waals surface area contributed by atoms with Crippen LogP contribution in [0.15, 0.2) is 18.2 Å². The lowest BCUT2D eigenvalue weighted by molar-refractivity contribution is 0.101. The van der Waals surface area contributed by atoms with E-state index in [0.29, 0.717) is 12.1 Å². The summed E-state index contributed by atoms with van der Waals surface area (Å²) in [5, 5.41) is 0. The molecule has 3 heteroatoms. The molecule has 0 aliphatic carbocycles. The summed E-state index contributed by atoms with van der Waals surface area (Å²) >= 11 is 0. The van der Waals surface area contributed by atoms with Crippen LogP contribution in [0.4, 0.5) is 0 Å². The molecule has 1 aromatic carbocycles. The average molecular weight is 276 g/mol. The number of hydrazine groups is 1. The van der Waals surface area contributed by atoms with E-state index in [1.165, 1.54) is 42.4 Å². The molecular weight excluding hydrogens is 248 g/mol. The molecule has 0 aromatic heterocycles. The Morgan fingerprint density at radius 1 is 1.40 bits per heavy atom. The Kier molecular flexibility index (Phi) is 6.02. The zero-order chi connectivity index (χ0) is 14.4. The zero-order valence-corrected chi connectivity index (χ0v) is 12.8. The first-order chi connectivity index (χ1) is 9.69. The molecule has 2 rings (SSSR count). The lowest BCUT2D eigenvalue weighted by Crippen LogP contribution is -2.37. The van der Waals surface area contributed by atoms with Crippen molar-refractivity contribution in [2.45, 2.75) is 64.5 Å². The highest BCUT2D eigenvalue weighted by Gasteiger charge is 2.16. The molecule has 0 radical (unpaired) electrons. The number of nitrogens with two attached hydrogens (primary N) is 1. The fourth-order valence-electron chi connectivity index (χ4n) is 2.99. The van der Waals surface area contributed by atoms with Crippen molar-refractivity contribution < 1.29 is 4.74 Å². The van der Waals surface area contributed by atoms with E-state index in [1.54, 1.807) is 0 Å². The standard InChI is InChI=1S/C17H28N2O/c1-13-8-9-14(2)15(11-13)12-16(19-18)5-3-6-17-7-4-10-20-17/h8-9,11,16-17,19H,3-7,10,12,18H2,1-2H3. The topological polar surface area (TPSA) is 47.3 Å². The van der Waals surface area contributed by atoms with Crippen molar-refractivity contribution in [3.63, 3.8) is 0 Å². The van der Waals surface area contributed by atoms with Gasteiger partial charge >= 0.3 is 0 Å². The summed E-state index contributed by atoms with van der Waals surface area (Å²) < 4.78 is 5.67. The molecule has 1 aromatic rings. The maximum absolute atomic E-state index is 5.72. The molecule has 0 spiro atoms. The van der Waals surface area contributed by atoms with Gasteiger partial charge in [-0.25, -0.2) is 0 Å². The molecule has 1 saturated heterocycles. The third-order valence-corrected chi connectivity index (χ3v) is 4.31. The third-order valence-electron chi connectivity index (χ3n) is 4.31. The SMILES string of the molecule is Cc1ccc(C)c(CC(CCCC2CCCO2)NN)c1. The fourth-order valence-corrected chi connectivity index (χ4v) is 2.99. The molecule has 1 aliphatic heterocycles. The minimum atomic E-state index is 0.358. The second-order valence-corrected chi connectivity index (χ2v) is 6.06. The smallest absolute Gasteiger partial charge is 0.0576 e. The van der Waals surface area contributed by atoms with Crippen molar-refractivity contribution in [2.24, 2.45) is 5.84 Å². The van der Waals surface area contributed by atoms with Crippen molar-refractivity contribution in [1.82, 2.24) is 5.43 Å². The van der Waals surface area contributed by atoms with Gasteiger partial charge in [0.05, 0.1) is 6.10 Å². The van der Waals surface area contributed by atoms with Crippen LogP contribution in [-0.2, 0) is 11.2 Å². The molecule has 2 unspecified atom stereocenters. The van der Waals surface area contributed by atoms with Crippen LogP contribution in [0.25, 0.3) is 0 Å². The lowest BCUT2D eigenvalue weighted by Gasteiger charge is -2.18. The predicted molar refractivity (Wildman–Crippen MR) is 83.6 cm³/mol. The first-order valence-corrected chi connectivity index (χ1v) is 7.83. The molecule has 1 aliphatic rings. The summed E-state index contributed by atoms with van der Waals surface area (Å²) in [6.07, 6.45) is 7.44. The largest absolute Gasteiger partial charge is 0.378 e. The van der Waals surface area contributed by atoms with Crippen LogP contribution in [0, 0.1) is 13.8 Å². The summed E-state index contributed by atoms with van der Waals surface area (Å²) in [6.45, 7) is 5.27. The Morgan fingerprint density at radius 3 is 2.95 bits per heavy atom. The van der Waals surface area contributed by atoms with Crippen molar-refractivity contribution >= 4 is 0 Å². The first-order valence-electron chi connectivity index (χ1n) is 7.83. The molecule has 0 bridgehead atoms. The number of hydrogen-bond acceptors (Lipinski definition) is 3. The lowest BCUT2D eigenvalue weighted by atomic mass is 9.96. The van der Waals surface area contributed by atoms with E-state index < -0.39 is 0 Å². The van der Waals surface area contributed by atoms with Crippen LogP contribution in [0.1, 0.15) is 48.8 Å². The van der Waals surface area contributed by atoms with Crippen LogP contribution in [0.3, 0.4) is 0 Å². The normalized spacial score (nSPS) is 20.2. The van der Waals surface area contributed by atoms with E-state index in [0.717, 1.165) is 19.4 Å². The van der Waals surface area contributed by atoms with Gasteiger partial charge in [0.1, 0.15) is 0 Å². The number of benzene rings is 1. The van der Waals surface area contributed by atoms with E-state index in [2.05, 4.69) is 37.5 Å². The summed E-state index contributed by atoms with van der Waals surface area (Å²) in [5.41, 5.74) is 7.07. The van der Waals surface area contributed by atoms with Gasteiger partial charge in [0.2, 0.25) is 0 Å². The van der Waals surface area contributed by atoms with E-state index in [4.69, 9.17) is 10.6 Å². The van der Waals surface area contributed by atoms with Crippen molar-refractivity contribution in [3.05, 3.63) is 34.9 Å². The van der Waals surface area contributed by atoms with Gasteiger partial charge in [-0.2, -0.15) is 0 Å². The van der Waals surface area contributed by atoms with Gasteiger partial charge in [-0.05, 0) is 63.5 Å². The first kappa shape index (κ1) is 15.5. The maximum Gasteiger partial charge on any atom is 0.0576 e. The molecule has 3 N–H and O–H groups in total. The molecule has 0 saturated carbocycles. The Labute approximate surface area is 122 Å². The van der Waals surface area contributed by atoms with Crippen molar-refractivity contribution in [3.8, 4) is 0 Å². The minimum Gasteiger partial charge on any atom is -0.378 e. The van der Waals surface area contributed by atoms with E-state index in [9.17, 15) is 0 Å². The number of rotatable bonds is 7. The second kappa shape index (κ2) is 7.77. The quantitative estimate of drug-likeness (QED) is 0.594. The Morgan fingerprint density at radius 2 is 2.25 bits per heavy atom. The van der Waals surface area contributed by atoms with Crippen LogP contribution < -0.4 is 11.3 Å². The fraction of sp³-hybridized carbons (Fsp3) is 0.647. The van der Waals surface area contributed by atoms with E-state index in [1.807, 2.05) is 0 Å². The number of hydrogen-bond donors (Lipinski definition) is 2. The van der Waals surface area contributed by atoms with Crippen LogP contribution in [0.2, 0.25) is 0 Å². The van der Waals surface area contributed by atoms with Gasteiger partial charge < -0.3 is 4.74 Å². The summed E-state index contributed by atoms with van der Waals surface area (Å²) in [6, 6.07) is 7.00. The highest BCUT2D eigenvalue weighted by molar-refractivity contribution is 5.31. The molecule has 1 heterocycles. The molecule has 0 amide bonds. The van der Waals surface area contributed by atoms with E-state index in [-0.39, 0.29) is 0 Å². The highest BCUT2D eigenvalue weighted by atomic mass is 16.5. The van der Waals surface area contributed by atoms with Gasteiger partial charge in [0.15, 0.2) is 0 Å². The third kappa shape index (κ3) is 4.58. The highest BCUT2D eigenvalue weighted by Crippen LogP contribution is 2.19. The van der Waals surface area contributed by atoms with Gasteiger partial charge in [0, 0.05) is 12.6 Å². The average Bonchev–Trinajstić information content (AvgIpc) is 2.94. The zero-order valence-electron chi connectivity index (χ0n) is 12.8. The van der Waals surface area contributed by atoms with Crippen molar-refractivity contribution in [2.75, 3.05) is 6.61 Å². The van der Waals surface area contributed by atoms with Gasteiger partial charge in [-0.3, -0.25) is 11.3 Å². The van der Waals surface area contributed by atoms with Gasteiger partial charge in [-0.15, -0.1) is 0 Å². The van der Waals surface area contributed by atoms with E-state index >= 15 is 0 Å². The second-order valence-electron chi connectivity index (χ2n) is 6.06. The molecular formula is C17H28N2O.